The predicted octanol–water partition coefficient (Wildman–Crippen LogP) is -2.38. The first-order chi connectivity index (χ1) is 9.15. The first-order valence-electron chi connectivity index (χ1n) is 5.77. The van der Waals surface area contributed by atoms with E-state index < -0.39 is 0 Å². The lowest BCUT2D eigenvalue weighted by molar-refractivity contribution is -0.122. The second kappa shape index (κ2) is 8.16. The third kappa shape index (κ3) is 5.93. The fourth-order valence-corrected chi connectivity index (χ4v) is 1.25. The quantitative estimate of drug-likeness (QED) is 0.453. The molecule has 0 aliphatic rings. The van der Waals surface area contributed by atoms with Crippen LogP contribution in [-0.2, 0) is 27.4 Å². The molecule has 1 rings (SSSR count). The molecule has 9 heteroatoms. The zero-order chi connectivity index (χ0) is 14.1. The number of carbonyl (C=O) groups excluding carboxylic acids is 2. The van der Waals surface area contributed by atoms with Crippen LogP contribution in [0, 0.1) is 0 Å². The summed E-state index contributed by atoms with van der Waals surface area (Å²) < 4.78 is 6.21. The van der Waals surface area contributed by atoms with E-state index in [1.165, 1.54) is 4.68 Å². The molecule has 0 aromatic carbocycles. The Bertz CT molecular complexity index is 419. The van der Waals surface area contributed by atoms with Crippen molar-refractivity contribution in [2.75, 3.05) is 26.8 Å². The van der Waals surface area contributed by atoms with E-state index in [2.05, 4.69) is 20.9 Å². The summed E-state index contributed by atoms with van der Waals surface area (Å²) in [6.07, 6.45) is 1.59. The molecule has 0 unspecified atom stereocenters. The molecule has 2 amide bonds. The Morgan fingerprint density at radius 1 is 1.42 bits per heavy atom. The van der Waals surface area contributed by atoms with Crippen LogP contribution >= 0.6 is 0 Å². The molecule has 0 saturated heterocycles. The zero-order valence-electron chi connectivity index (χ0n) is 10.8. The Morgan fingerprint density at radius 2 is 2.21 bits per heavy atom. The molecule has 0 atom stereocenters. The Hall–Kier alpha value is -2.00. The molecule has 1 heterocycles. The minimum absolute atomic E-state index is 0.0710. The number of nitrogens with two attached hydrogens (primary N) is 1. The minimum atomic E-state index is -0.271. The second-order valence-corrected chi connectivity index (χ2v) is 3.73. The molecule has 106 valence electrons. The maximum absolute atomic E-state index is 11.5. The van der Waals surface area contributed by atoms with Gasteiger partial charge >= 0.3 is 0 Å². The average molecular weight is 270 g/mol. The maximum atomic E-state index is 11.5. The van der Waals surface area contributed by atoms with Gasteiger partial charge in [0.25, 0.3) is 0 Å². The van der Waals surface area contributed by atoms with E-state index in [-0.39, 0.29) is 31.4 Å². The van der Waals surface area contributed by atoms with Crippen LogP contribution in [0.25, 0.3) is 0 Å². The average Bonchev–Trinajstić information content (AvgIpc) is 2.83. The minimum Gasteiger partial charge on any atom is -0.383 e. The van der Waals surface area contributed by atoms with Crippen LogP contribution in [0.5, 0.6) is 0 Å². The van der Waals surface area contributed by atoms with Gasteiger partial charge in [-0.05, 0) is 0 Å². The van der Waals surface area contributed by atoms with Crippen LogP contribution in [0.4, 0.5) is 0 Å². The molecule has 9 nitrogen and oxygen atoms in total. The lowest BCUT2D eigenvalue weighted by Gasteiger charge is -2.03. The van der Waals surface area contributed by atoms with Gasteiger partial charge in [0.15, 0.2) is 0 Å². The van der Waals surface area contributed by atoms with Crippen LogP contribution < -0.4 is 16.4 Å². The van der Waals surface area contributed by atoms with E-state index in [1.54, 1.807) is 13.3 Å². The smallest absolute Gasteiger partial charge is 0.241 e. The molecule has 0 aliphatic heterocycles. The molecule has 0 radical (unpaired) electrons. The van der Waals surface area contributed by atoms with Gasteiger partial charge in [-0.1, -0.05) is 5.21 Å². The number of nitrogens with one attached hydrogen (secondary N) is 2. The van der Waals surface area contributed by atoms with Crippen molar-refractivity contribution in [3.05, 3.63) is 11.9 Å². The first-order valence-corrected chi connectivity index (χ1v) is 5.77. The van der Waals surface area contributed by atoms with Gasteiger partial charge in [0.2, 0.25) is 11.8 Å². The molecule has 19 heavy (non-hydrogen) atoms. The van der Waals surface area contributed by atoms with Crippen molar-refractivity contribution in [1.29, 1.82) is 0 Å². The summed E-state index contributed by atoms with van der Waals surface area (Å²) in [5.74, 6) is -0.452. The Kier molecular flexibility index (Phi) is 6.47. The number of aromatic nitrogens is 3. The van der Waals surface area contributed by atoms with Gasteiger partial charge in [0.1, 0.15) is 12.2 Å². The summed E-state index contributed by atoms with van der Waals surface area (Å²) in [5.41, 5.74) is 5.71. The highest BCUT2D eigenvalue weighted by molar-refractivity contribution is 5.77. The number of amides is 2. The highest BCUT2D eigenvalue weighted by Gasteiger charge is 2.06. The highest BCUT2D eigenvalue weighted by atomic mass is 16.5. The predicted molar refractivity (Wildman–Crippen MR) is 65.8 cm³/mol. The number of nitrogens with zero attached hydrogens (tertiary/aromatic N) is 3. The van der Waals surface area contributed by atoms with Crippen LogP contribution in [0.1, 0.15) is 5.69 Å². The standard InChI is InChI=1S/C10H18N6O3/c1-19-3-2-12-10(18)7-16-6-8(14-15-16)5-13-9(17)4-11/h6H,2-5,7,11H2,1H3,(H,12,18)(H,13,17). The summed E-state index contributed by atoms with van der Waals surface area (Å²) in [6.45, 7) is 1.14. The van der Waals surface area contributed by atoms with Crippen molar-refractivity contribution >= 4 is 11.8 Å². The normalized spacial score (nSPS) is 10.2. The molecule has 0 fully saturated rings. The second-order valence-electron chi connectivity index (χ2n) is 3.73. The van der Waals surface area contributed by atoms with Gasteiger partial charge < -0.3 is 21.1 Å². The van der Waals surface area contributed by atoms with E-state index in [9.17, 15) is 9.59 Å². The van der Waals surface area contributed by atoms with Gasteiger partial charge in [-0.25, -0.2) is 4.68 Å². The number of ether oxygens (including phenoxy) is 1. The Labute approximate surface area is 110 Å². The van der Waals surface area contributed by atoms with Gasteiger partial charge in [-0.2, -0.15) is 0 Å². The topological polar surface area (TPSA) is 124 Å². The number of methoxy groups -OCH3 is 1. The van der Waals surface area contributed by atoms with Gasteiger partial charge in [-0.3, -0.25) is 9.59 Å². The van der Waals surface area contributed by atoms with Crippen molar-refractivity contribution < 1.29 is 14.3 Å². The molecule has 0 saturated carbocycles. The van der Waals surface area contributed by atoms with Crippen LogP contribution in [-0.4, -0.2) is 53.6 Å². The van der Waals surface area contributed by atoms with Crippen molar-refractivity contribution in [2.24, 2.45) is 5.73 Å². The highest BCUT2D eigenvalue weighted by Crippen LogP contribution is 1.92. The maximum Gasteiger partial charge on any atom is 0.241 e. The molecule has 0 bridgehead atoms. The first kappa shape index (κ1) is 15.1. The summed E-state index contributed by atoms with van der Waals surface area (Å²) >= 11 is 0. The molecule has 1 aromatic rings. The van der Waals surface area contributed by atoms with Crippen LogP contribution in [0.2, 0.25) is 0 Å². The fraction of sp³-hybridized carbons (Fsp3) is 0.600. The van der Waals surface area contributed by atoms with E-state index in [4.69, 9.17) is 10.5 Å². The SMILES string of the molecule is COCCNC(=O)Cn1cc(CNC(=O)CN)nn1. The number of carbonyl (C=O) groups is 2. The van der Waals surface area contributed by atoms with E-state index in [0.29, 0.717) is 18.8 Å². The van der Waals surface area contributed by atoms with Crippen molar-refractivity contribution in [2.45, 2.75) is 13.1 Å². The summed E-state index contributed by atoms with van der Waals surface area (Å²) in [7, 11) is 1.56. The number of rotatable bonds is 8. The summed E-state index contributed by atoms with van der Waals surface area (Å²) in [6, 6.07) is 0. The van der Waals surface area contributed by atoms with Crippen LogP contribution in [0.15, 0.2) is 6.20 Å². The lowest BCUT2D eigenvalue weighted by atomic mass is 10.4. The van der Waals surface area contributed by atoms with E-state index in [0.717, 1.165) is 0 Å². The molecule has 0 aliphatic carbocycles. The third-order valence-electron chi connectivity index (χ3n) is 2.17. The van der Waals surface area contributed by atoms with Crippen molar-refractivity contribution in [3.8, 4) is 0 Å². The summed E-state index contributed by atoms with van der Waals surface area (Å²) in [5, 5.41) is 12.8. The van der Waals surface area contributed by atoms with Gasteiger partial charge in [0.05, 0.1) is 25.9 Å². The molecular formula is C10H18N6O3. The van der Waals surface area contributed by atoms with Gasteiger partial charge in [-0.15, -0.1) is 5.10 Å². The van der Waals surface area contributed by atoms with Gasteiger partial charge in [0, 0.05) is 13.7 Å². The summed E-state index contributed by atoms with van der Waals surface area (Å²) in [4.78, 5) is 22.4. The number of hydrogen-bond donors (Lipinski definition) is 3. The zero-order valence-corrected chi connectivity index (χ0v) is 10.8. The molecular weight excluding hydrogens is 252 g/mol. The monoisotopic (exact) mass is 270 g/mol. The lowest BCUT2D eigenvalue weighted by Crippen LogP contribution is -2.30. The van der Waals surface area contributed by atoms with Crippen LogP contribution in [0.3, 0.4) is 0 Å². The Morgan fingerprint density at radius 3 is 2.89 bits per heavy atom. The van der Waals surface area contributed by atoms with E-state index in [1.807, 2.05) is 0 Å². The third-order valence-corrected chi connectivity index (χ3v) is 2.17. The van der Waals surface area contributed by atoms with Crippen molar-refractivity contribution in [3.63, 3.8) is 0 Å². The Balaban J connectivity index is 2.33. The molecule has 1 aromatic heterocycles. The molecule has 4 N–H and O–H groups in total. The largest absolute Gasteiger partial charge is 0.383 e. The number of hydrogen-bond acceptors (Lipinski definition) is 6. The van der Waals surface area contributed by atoms with E-state index >= 15 is 0 Å². The fourth-order valence-electron chi connectivity index (χ4n) is 1.25. The van der Waals surface area contributed by atoms with Crippen molar-refractivity contribution in [1.82, 2.24) is 25.6 Å². The molecule has 0 spiro atoms.